The molecule has 0 saturated carbocycles. The van der Waals surface area contributed by atoms with Crippen molar-refractivity contribution in [3.8, 4) is 11.4 Å². The average molecular weight is 513 g/mol. The first-order valence-corrected chi connectivity index (χ1v) is 14.5. The van der Waals surface area contributed by atoms with Gasteiger partial charge in [0.1, 0.15) is 5.82 Å². The van der Waals surface area contributed by atoms with Crippen molar-refractivity contribution in [3.63, 3.8) is 0 Å². The molecule has 1 saturated heterocycles. The van der Waals surface area contributed by atoms with E-state index >= 15 is 0 Å². The summed E-state index contributed by atoms with van der Waals surface area (Å²) < 4.78 is 6.09. The van der Waals surface area contributed by atoms with E-state index in [1.165, 1.54) is 52.6 Å². The lowest BCUT2D eigenvalue weighted by atomic mass is 9.87. The van der Waals surface area contributed by atoms with Gasteiger partial charge in [-0.1, -0.05) is 56.3 Å². The number of hydrogen-bond acceptors (Lipinski definition) is 5. The normalized spacial score (nSPS) is 19.0. The van der Waals surface area contributed by atoms with E-state index in [0.717, 1.165) is 49.8 Å². The summed E-state index contributed by atoms with van der Waals surface area (Å²) in [4.78, 5) is 15.6. The molecule has 3 aromatic rings. The Balaban J connectivity index is 1.59. The van der Waals surface area contributed by atoms with Gasteiger partial charge in [0.05, 0.1) is 12.2 Å². The lowest BCUT2D eigenvalue weighted by molar-refractivity contribution is -0.0279. The summed E-state index contributed by atoms with van der Waals surface area (Å²) in [6.07, 6.45) is 5.55. The summed E-state index contributed by atoms with van der Waals surface area (Å²) in [6, 6.07) is 16.0. The van der Waals surface area contributed by atoms with Crippen molar-refractivity contribution in [2.45, 2.75) is 84.9 Å². The first-order valence-electron chi connectivity index (χ1n) is 14.5. The fourth-order valence-corrected chi connectivity index (χ4v) is 6.41. The lowest BCUT2D eigenvalue weighted by Gasteiger charge is -2.40. The van der Waals surface area contributed by atoms with Crippen LogP contribution in [0.3, 0.4) is 0 Å². The van der Waals surface area contributed by atoms with Crippen molar-refractivity contribution in [2.24, 2.45) is 0 Å². The van der Waals surface area contributed by atoms with E-state index in [1.807, 2.05) is 0 Å². The van der Waals surface area contributed by atoms with Gasteiger partial charge in [0.25, 0.3) is 0 Å². The SMILES string of the molecule is CCc1cccc(CC)c1-c1nc(C)c(CN(C)[C@H]2CCCc3ccccc32)c(N2CCOC(C)(C)C2)n1. The molecule has 0 bridgehead atoms. The third-order valence-electron chi connectivity index (χ3n) is 8.42. The van der Waals surface area contributed by atoms with E-state index in [0.29, 0.717) is 12.6 Å². The van der Waals surface area contributed by atoms with Crippen LogP contribution >= 0.6 is 0 Å². The summed E-state index contributed by atoms with van der Waals surface area (Å²) >= 11 is 0. The minimum Gasteiger partial charge on any atom is -0.372 e. The van der Waals surface area contributed by atoms with Gasteiger partial charge in [0, 0.05) is 42.5 Å². The Kier molecular flexibility index (Phi) is 7.88. The van der Waals surface area contributed by atoms with Gasteiger partial charge in [-0.2, -0.15) is 0 Å². The van der Waals surface area contributed by atoms with Crippen molar-refractivity contribution in [1.82, 2.24) is 14.9 Å². The molecule has 0 amide bonds. The maximum Gasteiger partial charge on any atom is 0.162 e. The van der Waals surface area contributed by atoms with Crippen LogP contribution in [0.2, 0.25) is 0 Å². The number of anilines is 1. The number of aromatic nitrogens is 2. The zero-order valence-corrected chi connectivity index (χ0v) is 24.2. The number of benzene rings is 2. The van der Waals surface area contributed by atoms with E-state index in [4.69, 9.17) is 14.7 Å². The molecule has 5 heteroatoms. The molecule has 2 aliphatic rings. The maximum absolute atomic E-state index is 6.09. The van der Waals surface area contributed by atoms with Crippen LogP contribution in [0.1, 0.15) is 80.1 Å². The van der Waals surface area contributed by atoms with Crippen LogP contribution in [-0.2, 0) is 30.5 Å². The van der Waals surface area contributed by atoms with Gasteiger partial charge in [-0.15, -0.1) is 0 Å². The van der Waals surface area contributed by atoms with E-state index in [-0.39, 0.29) is 5.60 Å². The van der Waals surface area contributed by atoms with Crippen LogP contribution in [0.25, 0.3) is 11.4 Å². The van der Waals surface area contributed by atoms with Gasteiger partial charge < -0.3 is 9.64 Å². The molecule has 0 unspecified atom stereocenters. The first kappa shape index (κ1) is 26.8. The molecule has 5 rings (SSSR count). The number of fused-ring (bicyclic) bond motifs is 1. The molecule has 1 aliphatic heterocycles. The van der Waals surface area contributed by atoms with Gasteiger partial charge in [-0.3, -0.25) is 4.90 Å². The van der Waals surface area contributed by atoms with Gasteiger partial charge in [0.15, 0.2) is 5.82 Å². The minimum absolute atomic E-state index is 0.210. The standard InChI is InChI=1S/C33H44N4O/c1-7-24-14-11-15-25(8-2)30(24)31-34-23(3)28(32(35-31)37-19-20-38-33(4,5)22-37)21-36(6)29-18-12-16-26-13-9-10-17-27(26)29/h9-11,13-15,17,29H,7-8,12,16,18-22H2,1-6H3/t29-/m0/s1. The van der Waals surface area contributed by atoms with Gasteiger partial charge >= 0.3 is 0 Å². The Morgan fingerprint density at radius 1 is 1.03 bits per heavy atom. The first-order chi connectivity index (χ1) is 18.3. The largest absolute Gasteiger partial charge is 0.372 e. The number of morpholine rings is 1. The maximum atomic E-state index is 6.09. The summed E-state index contributed by atoms with van der Waals surface area (Å²) in [5.74, 6) is 1.94. The quantitative estimate of drug-likeness (QED) is 0.352. The smallest absolute Gasteiger partial charge is 0.162 e. The Bertz CT molecular complexity index is 1260. The van der Waals surface area contributed by atoms with Crippen LogP contribution in [0.5, 0.6) is 0 Å². The highest BCUT2D eigenvalue weighted by Crippen LogP contribution is 2.37. The van der Waals surface area contributed by atoms with E-state index < -0.39 is 0 Å². The third-order valence-corrected chi connectivity index (χ3v) is 8.42. The number of ether oxygens (including phenoxy) is 1. The zero-order valence-electron chi connectivity index (χ0n) is 24.2. The topological polar surface area (TPSA) is 41.5 Å². The molecule has 1 aromatic heterocycles. The monoisotopic (exact) mass is 512 g/mol. The van der Waals surface area contributed by atoms with Crippen molar-refractivity contribution in [3.05, 3.63) is 76.0 Å². The van der Waals surface area contributed by atoms with Crippen LogP contribution in [0.4, 0.5) is 5.82 Å². The highest BCUT2D eigenvalue weighted by molar-refractivity contribution is 5.68. The van der Waals surface area contributed by atoms with Gasteiger partial charge in [0.2, 0.25) is 0 Å². The van der Waals surface area contributed by atoms with Crippen molar-refractivity contribution in [1.29, 1.82) is 0 Å². The van der Waals surface area contributed by atoms with Crippen molar-refractivity contribution in [2.75, 3.05) is 31.6 Å². The predicted octanol–water partition coefficient (Wildman–Crippen LogP) is 6.70. The molecular formula is C33H44N4O. The highest BCUT2D eigenvalue weighted by Gasteiger charge is 2.32. The predicted molar refractivity (Wildman–Crippen MR) is 157 cm³/mol. The van der Waals surface area contributed by atoms with Crippen molar-refractivity contribution < 1.29 is 4.74 Å². The number of hydrogen-bond donors (Lipinski definition) is 0. The minimum atomic E-state index is -0.210. The Labute approximate surface area is 229 Å². The Hall–Kier alpha value is -2.76. The van der Waals surface area contributed by atoms with E-state index in [2.05, 4.69) is 93.9 Å². The fourth-order valence-electron chi connectivity index (χ4n) is 6.41. The molecule has 1 fully saturated rings. The molecule has 0 N–H and O–H groups in total. The van der Waals surface area contributed by atoms with Crippen LogP contribution in [0.15, 0.2) is 42.5 Å². The fraction of sp³-hybridized carbons (Fsp3) is 0.515. The molecule has 2 heterocycles. The van der Waals surface area contributed by atoms with Crippen LogP contribution in [-0.4, -0.2) is 47.2 Å². The molecule has 38 heavy (non-hydrogen) atoms. The summed E-state index contributed by atoms with van der Waals surface area (Å²) in [7, 11) is 2.27. The number of nitrogens with zero attached hydrogens (tertiary/aromatic N) is 4. The lowest BCUT2D eigenvalue weighted by Crippen LogP contribution is -2.49. The molecule has 1 aliphatic carbocycles. The van der Waals surface area contributed by atoms with Crippen molar-refractivity contribution >= 4 is 5.82 Å². The zero-order chi connectivity index (χ0) is 26.9. The molecule has 0 spiro atoms. The number of rotatable bonds is 7. The van der Waals surface area contributed by atoms with Crippen LogP contribution in [0, 0.1) is 6.92 Å². The molecule has 2 aromatic carbocycles. The van der Waals surface area contributed by atoms with E-state index in [9.17, 15) is 0 Å². The number of aryl methyl sites for hydroxylation is 4. The summed E-state index contributed by atoms with van der Waals surface area (Å²) in [6.45, 7) is 14.2. The van der Waals surface area contributed by atoms with Gasteiger partial charge in [-0.25, -0.2) is 9.97 Å². The Morgan fingerprint density at radius 2 is 1.76 bits per heavy atom. The molecule has 0 radical (unpaired) electrons. The molecular weight excluding hydrogens is 468 g/mol. The van der Waals surface area contributed by atoms with Crippen LogP contribution < -0.4 is 4.90 Å². The average Bonchev–Trinajstić information content (AvgIpc) is 2.92. The molecule has 5 nitrogen and oxygen atoms in total. The molecule has 202 valence electrons. The summed E-state index contributed by atoms with van der Waals surface area (Å²) in [5, 5.41) is 0. The second-order valence-electron chi connectivity index (χ2n) is 11.6. The summed E-state index contributed by atoms with van der Waals surface area (Å²) in [5.41, 5.74) is 8.95. The Morgan fingerprint density at radius 3 is 2.47 bits per heavy atom. The second kappa shape index (κ2) is 11.2. The molecule has 1 atom stereocenters. The third kappa shape index (κ3) is 5.37. The van der Waals surface area contributed by atoms with Gasteiger partial charge in [-0.05, 0) is 82.2 Å². The van der Waals surface area contributed by atoms with E-state index in [1.54, 1.807) is 0 Å². The second-order valence-corrected chi connectivity index (χ2v) is 11.6. The highest BCUT2D eigenvalue weighted by atomic mass is 16.5.